The van der Waals surface area contributed by atoms with Crippen LogP contribution in [0, 0.1) is 6.92 Å². The van der Waals surface area contributed by atoms with Crippen molar-refractivity contribution in [2.24, 2.45) is 0 Å². The van der Waals surface area contributed by atoms with E-state index in [1.807, 2.05) is 11.6 Å². The van der Waals surface area contributed by atoms with E-state index in [1.165, 1.54) is 19.3 Å². The highest BCUT2D eigenvalue weighted by atomic mass is 35.5. The molecule has 0 aliphatic heterocycles. The van der Waals surface area contributed by atoms with Crippen molar-refractivity contribution in [3.8, 4) is 0 Å². The number of halogens is 1. The second-order valence-corrected chi connectivity index (χ2v) is 5.67. The van der Waals surface area contributed by atoms with E-state index in [0.717, 1.165) is 42.5 Å². The SMILES string of the molecule is CCn1nc(C)c(Cl)c1CN(CCCO)C1CCC1. The predicted octanol–water partition coefficient (Wildman–Crippen LogP) is 2.60. The number of aliphatic hydroxyl groups excluding tert-OH is 1. The first-order valence-electron chi connectivity index (χ1n) is 7.24. The van der Waals surface area contributed by atoms with E-state index < -0.39 is 0 Å². The molecule has 1 fully saturated rings. The van der Waals surface area contributed by atoms with Crippen LogP contribution in [0.3, 0.4) is 0 Å². The highest BCUT2D eigenvalue weighted by Gasteiger charge is 2.26. The average Bonchev–Trinajstić information content (AvgIpc) is 2.61. The van der Waals surface area contributed by atoms with Gasteiger partial charge in [-0.2, -0.15) is 5.10 Å². The van der Waals surface area contributed by atoms with E-state index in [1.54, 1.807) is 0 Å². The zero-order valence-electron chi connectivity index (χ0n) is 11.9. The van der Waals surface area contributed by atoms with Crippen molar-refractivity contribution in [3.63, 3.8) is 0 Å². The Labute approximate surface area is 120 Å². The molecule has 0 atom stereocenters. The van der Waals surface area contributed by atoms with Crippen LogP contribution in [0.2, 0.25) is 5.02 Å². The zero-order valence-corrected chi connectivity index (χ0v) is 12.7. The first kappa shape index (κ1) is 14.8. The summed E-state index contributed by atoms with van der Waals surface area (Å²) in [6.45, 7) is 6.93. The van der Waals surface area contributed by atoms with Crippen molar-refractivity contribution in [2.75, 3.05) is 13.2 Å². The van der Waals surface area contributed by atoms with Crippen LogP contribution >= 0.6 is 11.6 Å². The van der Waals surface area contributed by atoms with E-state index in [2.05, 4.69) is 16.9 Å². The second kappa shape index (κ2) is 6.73. The van der Waals surface area contributed by atoms with Gasteiger partial charge in [0.25, 0.3) is 0 Å². The maximum absolute atomic E-state index is 9.04. The van der Waals surface area contributed by atoms with Crippen LogP contribution in [0.4, 0.5) is 0 Å². The number of aryl methyl sites for hydroxylation is 2. The van der Waals surface area contributed by atoms with Gasteiger partial charge in [0.2, 0.25) is 0 Å². The van der Waals surface area contributed by atoms with E-state index in [4.69, 9.17) is 16.7 Å². The molecule has 0 saturated heterocycles. The molecule has 5 heteroatoms. The summed E-state index contributed by atoms with van der Waals surface area (Å²) in [4.78, 5) is 2.45. The van der Waals surface area contributed by atoms with Gasteiger partial charge >= 0.3 is 0 Å². The molecule has 0 amide bonds. The minimum absolute atomic E-state index is 0.253. The van der Waals surface area contributed by atoms with Crippen LogP contribution in [0.1, 0.15) is 44.0 Å². The molecule has 108 valence electrons. The topological polar surface area (TPSA) is 41.3 Å². The van der Waals surface area contributed by atoms with Gasteiger partial charge in [-0.15, -0.1) is 0 Å². The maximum Gasteiger partial charge on any atom is 0.0860 e. The number of hydrogen-bond donors (Lipinski definition) is 1. The summed E-state index contributed by atoms with van der Waals surface area (Å²) < 4.78 is 2.00. The summed E-state index contributed by atoms with van der Waals surface area (Å²) in [5.41, 5.74) is 2.03. The summed E-state index contributed by atoms with van der Waals surface area (Å²) in [6.07, 6.45) is 4.68. The normalized spacial score (nSPS) is 16.1. The van der Waals surface area contributed by atoms with Gasteiger partial charge in [0.1, 0.15) is 0 Å². The summed E-state index contributed by atoms with van der Waals surface area (Å²) in [5.74, 6) is 0. The summed E-state index contributed by atoms with van der Waals surface area (Å²) in [6, 6.07) is 0.656. The van der Waals surface area contributed by atoms with Gasteiger partial charge in [0, 0.05) is 32.3 Å². The molecular weight excluding hydrogens is 262 g/mol. The molecule has 1 saturated carbocycles. The third kappa shape index (κ3) is 3.30. The van der Waals surface area contributed by atoms with Gasteiger partial charge in [0.05, 0.1) is 16.4 Å². The molecule has 0 spiro atoms. The lowest BCUT2D eigenvalue weighted by atomic mass is 9.91. The lowest BCUT2D eigenvalue weighted by Gasteiger charge is -2.37. The Hall–Kier alpha value is -0.580. The summed E-state index contributed by atoms with van der Waals surface area (Å²) in [7, 11) is 0. The van der Waals surface area contributed by atoms with Crippen LogP contribution in [-0.4, -0.2) is 39.0 Å². The third-order valence-corrected chi connectivity index (χ3v) is 4.49. The van der Waals surface area contributed by atoms with Gasteiger partial charge in [-0.1, -0.05) is 18.0 Å². The molecule has 0 aromatic carbocycles. The molecule has 1 aliphatic rings. The van der Waals surface area contributed by atoms with Crippen LogP contribution in [0.25, 0.3) is 0 Å². The molecule has 0 radical (unpaired) electrons. The fraction of sp³-hybridized carbons (Fsp3) is 0.786. The molecule has 0 bridgehead atoms. The van der Waals surface area contributed by atoms with Crippen molar-refractivity contribution in [2.45, 2.75) is 58.7 Å². The van der Waals surface area contributed by atoms with Crippen molar-refractivity contribution in [1.82, 2.24) is 14.7 Å². The maximum atomic E-state index is 9.04. The van der Waals surface area contributed by atoms with Gasteiger partial charge in [-0.3, -0.25) is 9.58 Å². The van der Waals surface area contributed by atoms with E-state index in [-0.39, 0.29) is 6.61 Å². The molecule has 0 unspecified atom stereocenters. The fourth-order valence-electron chi connectivity index (χ4n) is 2.63. The highest BCUT2D eigenvalue weighted by molar-refractivity contribution is 6.31. The Balaban J connectivity index is 2.11. The molecule has 2 rings (SSSR count). The second-order valence-electron chi connectivity index (χ2n) is 5.29. The molecule has 1 heterocycles. The van der Waals surface area contributed by atoms with Crippen molar-refractivity contribution >= 4 is 11.6 Å². The smallest absolute Gasteiger partial charge is 0.0860 e. The molecule has 1 aromatic rings. The monoisotopic (exact) mass is 285 g/mol. The van der Waals surface area contributed by atoms with Crippen LogP contribution in [0.5, 0.6) is 0 Å². The molecule has 1 aromatic heterocycles. The third-order valence-electron chi connectivity index (χ3n) is 4.00. The highest BCUT2D eigenvalue weighted by Crippen LogP contribution is 2.29. The lowest BCUT2D eigenvalue weighted by Crippen LogP contribution is -2.41. The van der Waals surface area contributed by atoms with Crippen LogP contribution in [-0.2, 0) is 13.1 Å². The molecule has 1 N–H and O–H groups in total. The Bertz CT molecular complexity index is 415. The first-order chi connectivity index (χ1) is 9.17. The summed E-state index contributed by atoms with van der Waals surface area (Å²) >= 11 is 6.38. The van der Waals surface area contributed by atoms with Gasteiger partial charge in [-0.05, 0) is 33.1 Å². The lowest BCUT2D eigenvalue weighted by molar-refractivity contribution is 0.106. The standard InChI is InChI=1S/C14H24ClN3O/c1-3-18-13(14(15)11(2)16-18)10-17(8-5-9-19)12-6-4-7-12/h12,19H,3-10H2,1-2H3. The molecule has 1 aliphatic carbocycles. The zero-order chi connectivity index (χ0) is 13.8. The number of aromatic nitrogens is 2. The van der Waals surface area contributed by atoms with Gasteiger partial charge < -0.3 is 5.11 Å². The molecular formula is C14H24ClN3O. The largest absolute Gasteiger partial charge is 0.396 e. The van der Waals surface area contributed by atoms with Crippen molar-refractivity contribution in [1.29, 1.82) is 0 Å². The van der Waals surface area contributed by atoms with Gasteiger partial charge in [-0.25, -0.2) is 0 Å². The number of nitrogens with zero attached hydrogens (tertiary/aromatic N) is 3. The predicted molar refractivity (Wildman–Crippen MR) is 77.4 cm³/mol. The van der Waals surface area contributed by atoms with Crippen LogP contribution in [0.15, 0.2) is 0 Å². The van der Waals surface area contributed by atoms with Gasteiger partial charge in [0.15, 0.2) is 0 Å². The quantitative estimate of drug-likeness (QED) is 0.837. The van der Waals surface area contributed by atoms with E-state index in [9.17, 15) is 0 Å². The Morgan fingerprint density at radius 2 is 2.21 bits per heavy atom. The fourth-order valence-corrected chi connectivity index (χ4v) is 2.82. The van der Waals surface area contributed by atoms with E-state index in [0.29, 0.717) is 6.04 Å². The van der Waals surface area contributed by atoms with E-state index >= 15 is 0 Å². The minimum atomic E-state index is 0.253. The first-order valence-corrected chi connectivity index (χ1v) is 7.61. The average molecular weight is 286 g/mol. The van der Waals surface area contributed by atoms with Crippen LogP contribution < -0.4 is 0 Å². The Kier molecular flexibility index (Phi) is 5.25. The minimum Gasteiger partial charge on any atom is -0.396 e. The number of hydrogen-bond acceptors (Lipinski definition) is 3. The number of rotatable bonds is 7. The van der Waals surface area contributed by atoms with Crippen molar-refractivity contribution in [3.05, 3.63) is 16.4 Å². The Morgan fingerprint density at radius 1 is 1.47 bits per heavy atom. The Morgan fingerprint density at radius 3 is 2.74 bits per heavy atom. The molecule has 4 nitrogen and oxygen atoms in total. The summed E-state index contributed by atoms with van der Waals surface area (Å²) in [5, 5.41) is 14.3. The number of aliphatic hydroxyl groups is 1. The van der Waals surface area contributed by atoms with Crippen molar-refractivity contribution < 1.29 is 5.11 Å². The molecule has 19 heavy (non-hydrogen) atoms.